The molecule has 2 aliphatic rings. The van der Waals surface area contributed by atoms with Gasteiger partial charge in [0.2, 0.25) is 0 Å². The van der Waals surface area contributed by atoms with Gasteiger partial charge in [-0.15, -0.1) is 0 Å². The molecule has 3 rings (SSSR count). The van der Waals surface area contributed by atoms with E-state index >= 15 is 0 Å². The molecule has 3 nitrogen and oxygen atoms in total. The first-order valence-corrected chi connectivity index (χ1v) is 6.53. The molecule has 2 unspecified atom stereocenters. The van der Waals surface area contributed by atoms with Crippen LogP contribution in [-0.2, 0) is 12.7 Å². The molecule has 2 bridgehead atoms. The lowest BCUT2D eigenvalue weighted by atomic mass is 10.1. The number of piperidine rings is 1. The van der Waals surface area contributed by atoms with Crippen LogP contribution >= 0.6 is 0 Å². The summed E-state index contributed by atoms with van der Waals surface area (Å²) in [7, 11) is 0. The van der Waals surface area contributed by atoms with E-state index in [2.05, 4.69) is 4.98 Å². The summed E-state index contributed by atoms with van der Waals surface area (Å²) in [6.07, 6.45) is -1.10. The predicted octanol–water partition coefficient (Wildman–Crippen LogP) is 2.55. The zero-order valence-electron chi connectivity index (χ0n) is 10.5. The van der Waals surface area contributed by atoms with E-state index in [9.17, 15) is 13.2 Å². The van der Waals surface area contributed by atoms with Gasteiger partial charge in [-0.05, 0) is 31.2 Å². The highest BCUT2D eigenvalue weighted by atomic mass is 19.4. The van der Waals surface area contributed by atoms with Crippen molar-refractivity contribution in [2.24, 2.45) is 11.7 Å². The Labute approximate surface area is 109 Å². The van der Waals surface area contributed by atoms with Crippen LogP contribution in [0.25, 0.3) is 0 Å². The number of hydrogen-bond donors (Lipinski definition) is 1. The van der Waals surface area contributed by atoms with Crippen molar-refractivity contribution in [3.8, 4) is 0 Å². The van der Waals surface area contributed by atoms with E-state index in [-0.39, 0.29) is 6.54 Å². The maximum atomic E-state index is 12.8. The Morgan fingerprint density at radius 1 is 1.32 bits per heavy atom. The van der Waals surface area contributed by atoms with Gasteiger partial charge in [-0.3, -0.25) is 0 Å². The van der Waals surface area contributed by atoms with E-state index < -0.39 is 11.9 Å². The minimum atomic E-state index is -4.40. The Bertz CT molecular complexity index is 487. The molecule has 1 aromatic heterocycles. The van der Waals surface area contributed by atoms with E-state index in [1.54, 1.807) is 0 Å². The molecular weight excluding hydrogens is 255 g/mol. The van der Waals surface area contributed by atoms with Gasteiger partial charge >= 0.3 is 6.18 Å². The van der Waals surface area contributed by atoms with Crippen LogP contribution in [0.1, 0.15) is 30.5 Å². The van der Waals surface area contributed by atoms with Crippen LogP contribution < -0.4 is 10.6 Å². The number of aromatic nitrogens is 1. The maximum Gasteiger partial charge on any atom is 0.433 e. The summed E-state index contributed by atoms with van der Waals surface area (Å²) in [6.45, 7) is 1.03. The third kappa shape index (κ3) is 2.18. The molecule has 0 radical (unpaired) electrons. The number of rotatable bonds is 2. The van der Waals surface area contributed by atoms with Crippen molar-refractivity contribution in [1.29, 1.82) is 0 Å². The zero-order valence-corrected chi connectivity index (χ0v) is 10.5. The van der Waals surface area contributed by atoms with Crippen LogP contribution in [0.5, 0.6) is 0 Å². The number of nitrogens with two attached hydrogens (primary N) is 1. The number of anilines is 1. The molecule has 0 aromatic carbocycles. The molecule has 2 heterocycles. The molecule has 1 saturated carbocycles. The lowest BCUT2D eigenvalue weighted by Crippen LogP contribution is -2.34. The van der Waals surface area contributed by atoms with Crippen molar-refractivity contribution < 1.29 is 13.2 Å². The number of halogens is 3. The van der Waals surface area contributed by atoms with Gasteiger partial charge in [-0.25, -0.2) is 4.98 Å². The fraction of sp³-hybridized carbons (Fsp3) is 0.615. The SMILES string of the molecule is NCc1ccc(C(F)(F)F)nc1N1CC2CCC1C2. The number of nitrogens with zero attached hydrogens (tertiary/aromatic N) is 2. The van der Waals surface area contributed by atoms with Crippen LogP contribution in [0, 0.1) is 5.92 Å². The lowest BCUT2D eigenvalue weighted by Gasteiger charge is -2.30. The van der Waals surface area contributed by atoms with Crippen LogP contribution in [0.4, 0.5) is 19.0 Å². The van der Waals surface area contributed by atoms with Crippen molar-refractivity contribution in [3.63, 3.8) is 0 Å². The average Bonchev–Trinajstić information content (AvgIpc) is 2.99. The topological polar surface area (TPSA) is 42.1 Å². The number of alkyl halides is 3. The molecule has 2 fully saturated rings. The fourth-order valence-corrected chi connectivity index (χ4v) is 3.23. The summed E-state index contributed by atoms with van der Waals surface area (Å²) in [5, 5.41) is 0. The van der Waals surface area contributed by atoms with Crippen LogP contribution in [0.15, 0.2) is 12.1 Å². The van der Waals surface area contributed by atoms with E-state index in [1.807, 2.05) is 4.90 Å². The number of pyridine rings is 1. The summed E-state index contributed by atoms with van der Waals surface area (Å²) < 4.78 is 38.3. The summed E-state index contributed by atoms with van der Waals surface area (Å²) in [6, 6.07) is 2.81. The molecule has 1 aromatic rings. The third-order valence-electron chi connectivity index (χ3n) is 4.15. The van der Waals surface area contributed by atoms with E-state index in [4.69, 9.17) is 5.73 Å². The maximum absolute atomic E-state index is 12.8. The molecule has 2 atom stereocenters. The standard InChI is InChI=1S/C13H16F3N3/c14-13(15,16)11-4-2-9(6-17)12(18-11)19-7-8-1-3-10(19)5-8/h2,4,8,10H,1,3,5-7,17H2. The predicted molar refractivity (Wildman–Crippen MR) is 65.6 cm³/mol. The van der Waals surface area contributed by atoms with Gasteiger partial charge in [0, 0.05) is 24.7 Å². The van der Waals surface area contributed by atoms with Crippen molar-refractivity contribution >= 4 is 5.82 Å². The first kappa shape index (κ1) is 12.7. The molecule has 104 valence electrons. The number of hydrogen-bond acceptors (Lipinski definition) is 3. The largest absolute Gasteiger partial charge is 0.433 e. The van der Waals surface area contributed by atoms with E-state index in [0.717, 1.165) is 25.5 Å². The third-order valence-corrected chi connectivity index (χ3v) is 4.15. The molecule has 1 aliphatic carbocycles. The molecule has 6 heteroatoms. The van der Waals surface area contributed by atoms with E-state index in [0.29, 0.717) is 23.3 Å². The second-order valence-electron chi connectivity index (χ2n) is 5.37. The molecule has 1 saturated heterocycles. The van der Waals surface area contributed by atoms with Gasteiger partial charge in [-0.2, -0.15) is 13.2 Å². The quantitative estimate of drug-likeness (QED) is 0.898. The van der Waals surface area contributed by atoms with E-state index in [1.165, 1.54) is 12.5 Å². The molecule has 0 amide bonds. The second-order valence-corrected chi connectivity index (χ2v) is 5.37. The Morgan fingerprint density at radius 2 is 2.11 bits per heavy atom. The molecule has 2 N–H and O–H groups in total. The molecule has 0 spiro atoms. The molecule has 1 aliphatic heterocycles. The molecular formula is C13H16F3N3. The Morgan fingerprint density at radius 3 is 2.63 bits per heavy atom. The smallest absolute Gasteiger partial charge is 0.353 e. The van der Waals surface area contributed by atoms with Crippen LogP contribution in [0.3, 0.4) is 0 Å². The average molecular weight is 271 g/mol. The zero-order chi connectivity index (χ0) is 13.6. The lowest BCUT2D eigenvalue weighted by molar-refractivity contribution is -0.141. The first-order chi connectivity index (χ1) is 8.99. The summed E-state index contributed by atoms with van der Waals surface area (Å²) >= 11 is 0. The highest BCUT2D eigenvalue weighted by Gasteiger charge is 2.40. The summed E-state index contributed by atoms with van der Waals surface area (Å²) in [5.74, 6) is 1.04. The Hall–Kier alpha value is -1.30. The van der Waals surface area contributed by atoms with Crippen molar-refractivity contribution in [2.75, 3.05) is 11.4 Å². The Balaban J connectivity index is 1.98. The minimum absolute atomic E-state index is 0.217. The highest BCUT2D eigenvalue weighted by molar-refractivity contribution is 5.51. The second kappa shape index (κ2) is 4.37. The monoisotopic (exact) mass is 271 g/mol. The molecule has 19 heavy (non-hydrogen) atoms. The van der Waals surface area contributed by atoms with Gasteiger partial charge in [0.05, 0.1) is 0 Å². The van der Waals surface area contributed by atoms with Crippen LogP contribution in [0.2, 0.25) is 0 Å². The highest BCUT2D eigenvalue weighted by Crippen LogP contribution is 2.41. The fourth-order valence-electron chi connectivity index (χ4n) is 3.23. The minimum Gasteiger partial charge on any atom is -0.353 e. The van der Waals surface area contributed by atoms with Gasteiger partial charge in [0.25, 0.3) is 0 Å². The van der Waals surface area contributed by atoms with Gasteiger partial charge < -0.3 is 10.6 Å². The summed E-state index contributed by atoms with van der Waals surface area (Å²) in [4.78, 5) is 5.86. The first-order valence-electron chi connectivity index (χ1n) is 6.53. The number of fused-ring (bicyclic) bond motifs is 2. The van der Waals surface area contributed by atoms with Gasteiger partial charge in [0.15, 0.2) is 0 Å². The summed E-state index contributed by atoms with van der Waals surface area (Å²) in [5.41, 5.74) is 5.49. The van der Waals surface area contributed by atoms with Gasteiger partial charge in [0.1, 0.15) is 11.5 Å². The van der Waals surface area contributed by atoms with Crippen molar-refractivity contribution in [2.45, 2.75) is 38.0 Å². The van der Waals surface area contributed by atoms with Gasteiger partial charge in [-0.1, -0.05) is 6.07 Å². The van der Waals surface area contributed by atoms with Crippen LogP contribution in [-0.4, -0.2) is 17.6 Å². The van der Waals surface area contributed by atoms with Crippen molar-refractivity contribution in [1.82, 2.24) is 4.98 Å². The normalized spacial score (nSPS) is 26.2. The van der Waals surface area contributed by atoms with Crippen molar-refractivity contribution in [3.05, 3.63) is 23.4 Å². The Kier molecular flexibility index (Phi) is 2.92.